The van der Waals surface area contributed by atoms with Gasteiger partial charge in [0, 0.05) is 10.6 Å². The molecule has 0 heterocycles. The zero-order chi connectivity index (χ0) is 16.7. The Kier molecular flexibility index (Phi) is 5.82. The molecule has 2 N–H and O–H groups in total. The fraction of sp³-hybridized carbons (Fsp3) is 0.0625. The molecule has 0 atom stereocenters. The highest BCUT2D eigenvalue weighted by molar-refractivity contribution is 6.30. The second kappa shape index (κ2) is 8.05. The number of nitrogens with one attached hydrogen (secondary N) is 2. The third-order valence-electron chi connectivity index (χ3n) is 2.77. The maximum absolute atomic E-state index is 12.7. The van der Waals surface area contributed by atoms with E-state index in [-0.39, 0.29) is 12.1 Å². The first-order chi connectivity index (χ1) is 11.0. The van der Waals surface area contributed by atoms with E-state index < -0.39 is 17.6 Å². The number of rotatable bonds is 5. The normalized spacial score (nSPS) is 10.5. The van der Waals surface area contributed by atoms with Crippen LogP contribution in [0.2, 0.25) is 5.02 Å². The molecular formula is C16H13ClFN3O2. The summed E-state index contributed by atoms with van der Waals surface area (Å²) in [6.45, 7) is -0.247. The standard InChI is InChI=1S/C16H13ClFN3O2/c17-13-3-1-2-11(8-13)9-20-21-15(22)10-19-16(23)12-4-6-14(18)7-5-12/h1-9H,10H2,(H,19,23)(H,21,22)/b20-9-. The molecule has 0 aliphatic rings. The molecule has 7 heteroatoms. The molecule has 0 unspecified atom stereocenters. The molecular weight excluding hydrogens is 321 g/mol. The van der Waals surface area contributed by atoms with Gasteiger partial charge in [-0.3, -0.25) is 9.59 Å². The largest absolute Gasteiger partial charge is 0.343 e. The molecule has 0 aliphatic heterocycles. The van der Waals surface area contributed by atoms with E-state index in [1.54, 1.807) is 24.3 Å². The summed E-state index contributed by atoms with van der Waals surface area (Å²) >= 11 is 5.82. The molecule has 0 bridgehead atoms. The van der Waals surface area contributed by atoms with E-state index in [4.69, 9.17) is 11.6 Å². The van der Waals surface area contributed by atoms with Crippen LogP contribution in [0.3, 0.4) is 0 Å². The predicted molar refractivity (Wildman–Crippen MR) is 85.9 cm³/mol. The summed E-state index contributed by atoms with van der Waals surface area (Å²) in [6, 6.07) is 12.0. The van der Waals surface area contributed by atoms with Gasteiger partial charge in [0.2, 0.25) is 0 Å². The third-order valence-corrected chi connectivity index (χ3v) is 3.00. The van der Waals surface area contributed by atoms with Crippen molar-refractivity contribution in [1.82, 2.24) is 10.7 Å². The van der Waals surface area contributed by atoms with Crippen molar-refractivity contribution in [2.75, 3.05) is 6.54 Å². The number of amides is 2. The quantitative estimate of drug-likeness (QED) is 0.651. The number of halogens is 2. The van der Waals surface area contributed by atoms with Crippen molar-refractivity contribution in [3.63, 3.8) is 0 Å². The van der Waals surface area contributed by atoms with Crippen LogP contribution in [-0.4, -0.2) is 24.6 Å². The van der Waals surface area contributed by atoms with Gasteiger partial charge in [-0.15, -0.1) is 0 Å². The van der Waals surface area contributed by atoms with Crippen LogP contribution in [0.15, 0.2) is 53.6 Å². The number of hydrazone groups is 1. The highest BCUT2D eigenvalue weighted by Crippen LogP contribution is 2.08. The van der Waals surface area contributed by atoms with Crippen LogP contribution < -0.4 is 10.7 Å². The highest BCUT2D eigenvalue weighted by atomic mass is 35.5. The first kappa shape index (κ1) is 16.6. The number of nitrogens with zero attached hydrogens (tertiary/aromatic N) is 1. The molecule has 0 saturated carbocycles. The molecule has 118 valence electrons. The lowest BCUT2D eigenvalue weighted by Crippen LogP contribution is -2.34. The van der Waals surface area contributed by atoms with Crippen LogP contribution in [0.1, 0.15) is 15.9 Å². The average Bonchev–Trinajstić information content (AvgIpc) is 2.53. The highest BCUT2D eigenvalue weighted by Gasteiger charge is 2.07. The summed E-state index contributed by atoms with van der Waals surface area (Å²) in [5.41, 5.74) is 3.27. The summed E-state index contributed by atoms with van der Waals surface area (Å²) in [6.07, 6.45) is 1.44. The lowest BCUT2D eigenvalue weighted by atomic mass is 10.2. The van der Waals surface area contributed by atoms with Gasteiger partial charge in [-0.25, -0.2) is 9.82 Å². The number of hydrogen-bond donors (Lipinski definition) is 2. The van der Waals surface area contributed by atoms with Crippen LogP contribution in [-0.2, 0) is 4.79 Å². The third kappa shape index (κ3) is 5.52. The molecule has 23 heavy (non-hydrogen) atoms. The van der Waals surface area contributed by atoms with Gasteiger partial charge >= 0.3 is 0 Å². The monoisotopic (exact) mass is 333 g/mol. The van der Waals surface area contributed by atoms with E-state index in [1.165, 1.54) is 30.5 Å². The summed E-state index contributed by atoms with van der Waals surface area (Å²) < 4.78 is 12.7. The Bertz CT molecular complexity index is 732. The molecule has 0 spiro atoms. The van der Waals surface area contributed by atoms with E-state index in [1.807, 2.05) is 0 Å². The molecule has 0 saturated heterocycles. The first-order valence-corrected chi connectivity index (χ1v) is 7.03. The maximum Gasteiger partial charge on any atom is 0.259 e. The van der Waals surface area contributed by atoms with Crippen molar-refractivity contribution in [3.05, 3.63) is 70.5 Å². The van der Waals surface area contributed by atoms with Gasteiger partial charge in [0.1, 0.15) is 5.82 Å². The lowest BCUT2D eigenvalue weighted by Gasteiger charge is -2.04. The topological polar surface area (TPSA) is 70.6 Å². The molecule has 0 aromatic heterocycles. The van der Waals surface area contributed by atoms with Crippen LogP contribution in [0.4, 0.5) is 4.39 Å². The van der Waals surface area contributed by atoms with E-state index in [0.717, 1.165) is 5.56 Å². The second-order valence-corrected chi connectivity index (χ2v) is 4.97. The summed E-state index contributed by atoms with van der Waals surface area (Å²) in [5.74, 6) is -1.40. The molecule has 2 aromatic carbocycles. The smallest absolute Gasteiger partial charge is 0.259 e. The average molecular weight is 334 g/mol. The lowest BCUT2D eigenvalue weighted by molar-refractivity contribution is -0.120. The molecule has 0 radical (unpaired) electrons. The Balaban J connectivity index is 1.78. The maximum atomic E-state index is 12.7. The van der Waals surface area contributed by atoms with Gasteiger partial charge in [0.15, 0.2) is 0 Å². The Labute approximate surface area is 137 Å². The van der Waals surface area contributed by atoms with Crippen LogP contribution in [0, 0.1) is 5.82 Å². The van der Waals surface area contributed by atoms with Gasteiger partial charge in [-0.1, -0.05) is 23.7 Å². The van der Waals surface area contributed by atoms with Crippen LogP contribution in [0.25, 0.3) is 0 Å². The molecule has 2 amide bonds. The fourth-order valence-electron chi connectivity index (χ4n) is 1.67. The van der Waals surface area contributed by atoms with E-state index in [2.05, 4.69) is 15.8 Å². The SMILES string of the molecule is O=C(CNC(=O)c1ccc(F)cc1)N/N=C\c1cccc(Cl)c1. The number of benzene rings is 2. The first-order valence-electron chi connectivity index (χ1n) is 6.66. The molecule has 5 nitrogen and oxygen atoms in total. The minimum Gasteiger partial charge on any atom is -0.343 e. The number of carbonyl (C=O) groups is 2. The molecule has 2 aromatic rings. The summed E-state index contributed by atoms with van der Waals surface area (Å²) in [4.78, 5) is 23.3. The van der Waals surface area contributed by atoms with Crippen LogP contribution >= 0.6 is 11.6 Å². The van der Waals surface area contributed by atoms with Gasteiger partial charge in [0.25, 0.3) is 11.8 Å². The van der Waals surface area contributed by atoms with Crippen molar-refractivity contribution in [2.24, 2.45) is 5.10 Å². The summed E-state index contributed by atoms with van der Waals surface area (Å²) in [7, 11) is 0. The van der Waals surface area contributed by atoms with Crippen molar-refractivity contribution in [1.29, 1.82) is 0 Å². The van der Waals surface area contributed by atoms with E-state index >= 15 is 0 Å². The fourth-order valence-corrected chi connectivity index (χ4v) is 1.87. The van der Waals surface area contributed by atoms with E-state index in [0.29, 0.717) is 5.02 Å². The Morgan fingerprint density at radius 2 is 1.91 bits per heavy atom. The Morgan fingerprint density at radius 3 is 2.61 bits per heavy atom. The van der Waals surface area contributed by atoms with Gasteiger partial charge in [-0.05, 0) is 42.0 Å². The van der Waals surface area contributed by atoms with Gasteiger partial charge in [-0.2, -0.15) is 5.10 Å². The predicted octanol–water partition coefficient (Wildman–Crippen LogP) is 2.36. The van der Waals surface area contributed by atoms with Crippen molar-refractivity contribution in [2.45, 2.75) is 0 Å². The Morgan fingerprint density at radius 1 is 1.17 bits per heavy atom. The van der Waals surface area contributed by atoms with Crippen molar-refractivity contribution in [3.8, 4) is 0 Å². The minimum atomic E-state index is -0.487. The minimum absolute atomic E-state index is 0.247. The van der Waals surface area contributed by atoms with Crippen molar-refractivity contribution >= 4 is 29.6 Å². The van der Waals surface area contributed by atoms with Gasteiger partial charge < -0.3 is 5.32 Å². The number of hydrogen-bond acceptors (Lipinski definition) is 3. The van der Waals surface area contributed by atoms with Gasteiger partial charge in [0.05, 0.1) is 12.8 Å². The van der Waals surface area contributed by atoms with E-state index in [9.17, 15) is 14.0 Å². The molecule has 0 aliphatic carbocycles. The van der Waals surface area contributed by atoms with Crippen LogP contribution in [0.5, 0.6) is 0 Å². The molecule has 0 fully saturated rings. The molecule has 2 rings (SSSR count). The zero-order valence-corrected chi connectivity index (χ0v) is 12.7. The number of carbonyl (C=O) groups excluding carboxylic acids is 2. The Hall–Kier alpha value is -2.73. The summed E-state index contributed by atoms with van der Waals surface area (Å²) in [5, 5.41) is 6.73. The second-order valence-electron chi connectivity index (χ2n) is 4.54. The zero-order valence-electron chi connectivity index (χ0n) is 11.9. The van der Waals surface area contributed by atoms with Crippen molar-refractivity contribution < 1.29 is 14.0 Å².